The number of hydrogen-bond donors (Lipinski definition) is 2. The average molecular weight is 327 g/mol. The lowest BCUT2D eigenvalue weighted by Gasteiger charge is -2.30. The van der Waals surface area contributed by atoms with Crippen LogP contribution in [-0.4, -0.2) is 67.7 Å². The summed E-state index contributed by atoms with van der Waals surface area (Å²) in [6, 6.07) is 0.355. The minimum Gasteiger partial charge on any atom is -0.338 e. The van der Waals surface area contributed by atoms with Gasteiger partial charge < -0.3 is 15.5 Å². The highest BCUT2D eigenvalue weighted by Gasteiger charge is 2.14. The van der Waals surface area contributed by atoms with Gasteiger partial charge in [-0.1, -0.05) is 20.8 Å². The molecule has 1 rings (SSSR count). The van der Waals surface area contributed by atoms with Crippen LogP contribution >= 0.6 is 0 Å². The van der Waals surface area contributed by atoms with Crippen molar-refractivity contribution < 1.29 is 4.79 Å². The third-order valence-electron chi connectivity index (χ3n) is 5.06. The van der Waals surface area contributed by atoms with Gasteiger partial charge in [0.25, 0.3) is 0 Å². The maximum absolute atomic E-state index is 11.8. The Labute approximate surface area is 143 Å². The molecule has 1 atom stereocenters. The van der Waals surface area contributed by atoms with Gasteiger partial charge in [0.05, 0.1) is 0 Å². The summed E-state index contributed by atoms with van der Waals surface area (Å²) in [5, 5.41) is 5.95. The van der Waals surface area contributed by atoms with Crippen LogP contribution in [0.15, 0.2) is 0 Å². The molecular weight excluding hydrogens is 288 g/mol. The van der Waals surface area contributed by atoms with Gasteiger partial charge in [-0.25, -0.2) is 4.79 Å². The molecule has 0 aromatic heterocycles. The number of nitrogens with zero attached hydrogens (tertiary/aromatic N) is 2. The molecular formula is C18H38N4O. The molecule has 0 bridgehead atoms. The van der Waals surface area contributed by atoms with Crippen LogP contribution in [0.2, 0.25) is 0 Å². The summed E-state index contributed by atoms with van der Waals surface area (Å²) in [4.78, 5) is 16.7. The SMILES string of the molecule is CCN(CC)C(C)CNC(=O)NCCCCN1CCC(C)CC1. The lowest BCUT2D eigenvalue weighted by molar-refractivity contribution is 0.189. The van der Waals surface area contributed by atoms with Crippen molar-refractivity contribution >= 4 is 6.03 Å². The number of likely N-dealkylation sites (tertiary alicyclic amines) is 1. The maximum Gasteiger partial charge on any atom is 0.314 e. The minimum atomic E-state index is -0.0317. The van der Waals surface area contributed by atoms with Crippen LogP contribution in [-0.2, 0) is 0 Å². The third-order valence-corrected chi connectivity index (χ3v) is 5.06. The summed E-state index contributed by atoms with van der Waals surface area (Å²) in [5.74, 6) is 0.898. The lowest BCUT2D eigenvalue weighted by Crippen LogP contribution is -2.45. The zero-order valence-corrected chi connectivity index (χ0v) is 15.7. The second-order valence-corrected chi connectivity index (χ2v) is 6.94. The van der Waals surface area contributed by atoms with Crippen LogP contribution < -0.4 is 10.6 Å². The van der Waals surface area contributed by atoms with Crippen LogP contribution in [0.3, 0.4) is 0 Å². The van der Waals surface area contributed by atoms with E-state index in [4.69, 9.17) is 0 Å². The van der Waals surface area contributed by atoms with E-state index in [0.29, 0.717) is 12.6 Å². The van der Waals surface area contributed by atoms with Gasteiger partial charge in [0.2, 0.25) is 0 Å². The molecule has 0 aromatic rings. The summed E-state index contributed by atoms with van der Waals surface area (Å²) in [7, 11) is 0. The summed E-state index contributed by atoms with van der Waals surface area (Å²) < 4.78 is 0. The molecule has 1 aliphatic heterocycles. The van der Waals surface area contributed by atoms with Crippen LogP contribution in [0.25, 0.3) is 0 Å². The summed E-state index contributed by atoms with van der Waals surface area (Å²) in [5.41, 5.74) is 0. The highest BCUT2D eigenvalue weighted by Crippen LogP contribution is 2.15. The number of nitrogens with one attached hydrogen (secondary N) is 2. The Balaban J connectivity index is 1.99. The van der Waals surface area contributed by atoms with Crippen LogP contribution in [0.4, 0.5) is 4.79 Å². The first kappa shape index (κ1) is 20.2. The molecule has 0 saturated carbocycles. The summed E-state index contributed by atoms with van der Waals surface area (Å²) >= 11 is 0. The Morgan fingerprint density at radius 1 is 1.17 bits per heavy atom. The van der Waals surface area contributed by atoms with Crippen molar-refractivity contribution in [1.29, 1.82) is 0 Å². The van der Waals surface area contributed by atoms with Gasteiger partial charge in [-0.15, -0.1) is 0 Å². The highest BCUT2D eigenvalue weighted by molar-refractivity contribution is 5.73. The second-order valence-electron chi connectivity index (χ2n) is 6.94. The van der Waals surface area contributed by atoms with Crippen molar-refractivity contribution in [3.8, 4) is 0 Å². The molecule has 1 aliphatic rings. The van der Waals surface area contributed by atoms with E-state index in [1.54, 1.807) is 0 Å². The van der Waals surface area contributed by atoms with Crippen molar-refractivity contribution in [2.24, 2.45) is 5.92 Å². The van der Waals surface area contributed by atoms with Crippen molar-refractivity contribution in [2.75, 3.05) is 45.8 Å². The first-order valence-corrected chi connectivity index (χ1v) is 9.54. The fourth-order valence-electron chi connectivity index (χ4n) is 3.23. The Morgan fingerprint density at radius 2 is 1.83 bits per heavy atom. The van der Waals surface area contributed by atoms with Crippen molar-refractivity contribution in [3.05, 3.63) is 0 Å². The zero-order chi connectivity index (χ0) is 17.1. The fourth-order valence-corrected chi connectivity index (χ4v) is 3.23. The number of urea groups is 1. The molecule has 1 unspecified atom stereocenters. The molecule has 1 fully saturated rings. The Kier molecular flexibility index (Phi) is 10.3. The van der Waals surface area contributed by atoms with Gasteiger partial charge in [-0.3, -0.25) is 4.90 Å². The first-order chi connectivity index (χ1) is 11.1. The van der Waals surface area contributed by atoms with E-state index in [9.17, 15) is 4.79 Å². The molecule has 1 heterocycles. The van der Waals surface area contributed by atoms with Gasteiger partial charge in [0.15, 0.2) is 0 Å². The molecule has 1 saturated heterocycles. The molecule has 0 aliphatic carbocycles. The van der Waals surface area contributed by atoms with Gasteiger partial charge >= 0.3 is 6.03 Å². The lowest BCUT2D eigenvalue weighted by atomic mass is 9.99. The molecule has 0 aromatic carbocycles. The number of unbranched alkanes of at least 4 members (excludes halogenated alkanes) is 1. The number of carbonyl (C=O) groups is 1. The average Bonchev–Trinajstić information content (AvgIpc) is 2.55. The zero-order valence-electron chi connectivity index (χ0n) is 15.7. The van der Waals surface area contributed by atoms with Crippen LogP contribution in [0, 0.1) is 5.92 Å². The third kappa shape index (κ3) is 8.56. The second kappa shape index (κ2) is 11.7. The summed E-state index contributed by atoms with van der Waals surface area (Å²) in [6.07, 6.45) is 4.91. The number of piperidine rings is 1. The Bertz CT molecular complexity index is 312. The Hall–Kier alpha value is -0.810. The van der Waals surface area contributed by atoms with E-state index in [0.717, 1.165) is 32.0 Å². The smallest absolute Gasteiger partial charge is 0.314 e. The van der Waals surface area contributed by atoms with E-state index >= 15 is 0 Å². The fraction of sp³-hybridized carbons (Fsp3) is 0.944. The molecule has 2 amide bonds. The maximum atomic E-state index is 11.8. The van der Waals surface area contributed by atoms with E-state index < -0.39 is 0 Å². The van der Waals surface area contributed by atoms with E-state index in [2.05, 4.69) is 48.1 Å². The Morgan fingerprint density at radius 3 is 2.43 bits per heavy atom. The normalized spacial score (nSPS) is 18.1. The van der Waals surface area contributed by atoms with Gasteiger partial charge in [0.1, 0.15) is 0 Å². The van der Waals surface area contributed by atoms with Crippen LogP contribution in [0.1, 0.15) is 53.4 Å². The monoisotopic (exact) mass is 326 g/mol. The molecule has 0 spiro atoms. The van der Waals surface area contributed by atoms with Gasteiger partial charge in [0, 0.05) is 19.1 Å². The van der Waals surface area contributed by atoms with Crippen molar-refractivity contribution in [3.63, 3.8) is 0 Å². The van der Waals surface area contributed by atoms with Crippen molar-refractivity contribution in [2.45, 2.75) is 59.4 Å². The standard InChI is InChI=1S/C18H38N4O/c1-5-22(6-2)17(4)15-20-18(23)19-11-7-8-12-21-13-9-16(3)10-14-21/h16-17H,5-15H2,1-4H3,(H2,19,20,23). The summed E-state index contributed by atoms with van der Waals surface area (Å²) in [6.45, 7) is 16.0. The first-order valence-electron chi connectivity index (χ1n) is 9.54. The highest BCUT2D eigenvalue weighted by atomic mass is 16.2. The van der Waals surface area contributed by atoms with Crippen molar-refractivity contribution in [1.82, 2.24) is 20.4 Å². The predicted octanol–water partition coefficient (Wildman–Crippen LogP) is 2.53. The molecule has 0 radical (unpaired) electrons. The number of carbonyl (C=O) groups excluding carboxylic acids is 1. The van der Waals surface area contributed by atoms with Gasteiger partial charge in [-0.2, -0.15) is 0 Å². The predicted molar refractivity (Wildman–Crippen MR) is 97.9 cm³/mol. The molecule has 5 heteroatoms. The molecule has 23 heavy (non-hydrogen) atoms. The van der Waals surface area contributed by atoms with E-state index in [1.165, 1.54) is 38.9 Å². The van der Waals surface area contributed by atoms with E-state index in [-0.39, 0.29) is 6.03 Å². The topological polar surface area (TPSA) is 47.6 Å². The van der Waals surface area contributed by atoms with E-state index in [1.807, 2.05) is 0 Å². The number of likely N-dealkylation sites (N-methyl/N-ethyl adjacent to an activating group) is 1. The number of hydrogen-bond acceptors (Lipinski definition) is 3. The molecule has 2 N–H and O–H groups in total. The largest absolute Gasteiger partial charge is 0.338 e. The quantitative estimate of drug-likeness (QED) is 0.607. The number of amides is 2. The minimum absolute atomic E-state index is 0.0317. The van der Waals surface area contributed by atoms with Gasteiger partial charge in [-0.05, 0) is 71.2 Å². The van der Waals surface area contributed by atoms with Crippen LogP contribution in [0.5, 0.6) is 0 Å². The molecule has 5 nitrogen and oxygen atoms in total. The number of rotatable bonds is 10. The molecule has 136 valence electrons.